The highest BCUT2D eigenvalue weighted by molar-refractivity contribution is 5.79. The molecule has 0 radical (unpaired) electrons. The fourth-order valence-corrected chi connectivity index (χ4v) is 1.81. The first-order valence-electron chi connectivity index (χ1n) is 6.31. The second kappa shape index (κ2) is 6.33. The van der Waals surface area contributed by atoms with Crippen LogP contribution < -0.4 is 10.6 Å². The van der Waals surface area contributed by atoms with Crippen LogP contribution in [0.4, 0.5) is 0 Å². The van der Waals surface area contributed by atoms with Gasteiger partial charge in [0.15, 0.2) is 0 Å². The minimum atomic E-state index is -0.831. The number of carbonyl (C=O) groups is 1. The quantitative estimate of drug-likeness (QED) is 0.609. The molecule has 1 rings (SSSR count). The molecule has 5 nitrogen and oxygen atoms in total. The van der Waals surface area contributed by atoms with Crippen molar-refractivity contribution in [3.63, 3.8) is 0 Å². The van der Waals surface area contributed by atoms with E-state index in [-0.39, 0.29) is 24.4 Å². The number of aliphatic hydroxyl groups is 1. The Hall–Kier alpha value is -0.650. The third-order valence-corrected chi connectivity index (χ3v) is 3.29. The molecule has 0 aromatic heterocycles. The van der Waals surface area contributed by atoms with Crippen LogP contribution in [-0.4, -0.2) is 49.0 Å². The lowest BCUT2D eigenvalue weighted by Crippen LogP contribution is -2.47. The van der Waals surface area contributed by atoms with Gasteiger partial charge in [0.25, 0.3) is 0 Å². The molecule has 0 aromatic carbocycles. The topological polar surface area (TPSA) is 70.6 Å². The maximum atomic E-state index is 12.0. The summed E-state index contributed by atoms with van der Waals surface area (Å²) >= 11 is 0. The molecule has 3 atom stereocenters. The van der Waals surface area contributed by atoms with E-state index in [1.54, 1.807) is 6.92 Å². The molecule has 0 saturated carbocycles. The van der Waals surface area contributed by atoms with Crippen LogP contribution in [0.25, 0.3) is 0 Å². The highest BCUT2D eigenvalue weighted by Crippen LogP contribution is 2.14. The predicted molar refractivity (Wildman–Crippen MR) is 65.7 cm³/mol. The van der Waals surface area contributed by atoms with Crippen LogP contribution in [0.1, 0.15) is 27.2 Å². The van der Waals surface area contributed by atoms with Gasteiger partial charge in [0.05, 0.1) is 24.7 Å². The monoisotopic (exact) mass is 244 g/mol. The minimum Gasteiger partial charge on any atom is -0.388 e. The molecule has 0 spiro atoms. The van der Waals surface area contributed by atoms with Crippen LogP contribution in [0.2, 0.25) is 0 Å². The molecule has 0 aliphatic carbocycles. The van der Waals surface area contributed by atoms with E-state index in [1.165, 1.54) is 0 Å². The van der Waals surface area contributed by atoms with Crippen molar-refractivity contribution in [3.05, 3.63) is 0 Å². The van der Waals surface area contributed by atoms with Crippen molar-refractivity contribution in [3.8, 4) is 0 Å². The zero-order valence-corrected chi connectivity index (χ0v) is 11.0. The van der Waals surface area contributed by atoms with Crippen molar-refractivity contribution < 1.29 is 14.6 Å². The summed E-state index contributed by atoms with van der Waals surface area (Å²) in [4.78, 5) is 12.0. The number of likely N-dealkylation sites (N-methyl/N-ethyl adjacent to an activating group) is 1. The third kappa shape index (κ3) is 4.26. The molecule has 3 N–H and O–H groups in total. The lowest BCUT2D eigenvalue weighted by Gasteiger charge is -2.24. The van der Waals surface area contributed by atoms with Gasteiger partial charge in [-0.3, -0.25) is 4.79 Å². The molecule has 100 valence electrons. The first-order valence-corrected chi connectivity index (χ1v) is 6.31. The second-order valence-electron chi connectivity index (χ2n) is 4.88. The van der Waals surface area contributed by atoms with Gasteiger partial charge in [-0.2, -0.15) is 0 Å². The molecule has 0 bridgehead atoms. The number of amides is 1. The Bertz CT molecular complexity index is 256. The van der Waals surface area contributed by atoms with Gasteiger partial charge in [-0.15, -0.1) is 0 Å². The number of hydrogen-bond donors (Lipinski definition) is 3. The van der Waals surface area contributed by atoms with Crippen molar-refractivity contribution in [1.82, 2.24) is 10.6 Å². The Morgan fingerprint density at radius 2 is 2.18 bits per heavy atom. The average molecular weight is 244 g/mol. The maximum absolute atomic E-state index is 12.0. The summed E-state index contributed by atoms with van der Waals surface area (Å²) in [6.07, 6.45) is 0.616. The molecule has 1 amide bonds. The summed E-state index contributed by atoms with van der Waals surface area (Å²) in [6, 6.07) is 0.0894. The minimum absolute atomic E-state index is 0.0397. The van der Waals surface area contributed by atoms with Crippen LogP contribution in [0.15, 0.2) is 0 Å². The normalized spacial score (nSPS) is 27.8. The first-order chi connectivity index (χ1) is 8.00. The van der Waals surface area contributed by atoms with E-state index < -0.39 is 5.60 Å². The lowest BCUT2D eigenvalue weighted by atomic mass is 10.0. The summed E-state index contributed by atoms with van der Waals surface area (Å²) in [5.41, 5.74) is -0.831. The van der Waals surface area contributed by atoms with Crippen LogP contribution in [0.3, 0.4) is 0 Å². The molecular formula is C12H24N2O3. The fourth-order valence-electron chi connectivity index (χ4n) is 1.81. The summed E-state index contributed by atoms with van der Waals surface area (Å²) in [5.74, 6) is -0.190. The Morgan fingerprint density at radius 1 is 1.47 bits per heavy atom. The first kappa shape index (κ1) is 14.4. The highest BCUT2D eigenvalue weighted by Gasteiger charge is 2.34. The van der Waals surface area contributed by atoms with Crippen molar-refractivity contribution in [2.75, 3.05) is 26.3 Å². The number of carbonyl (C=O) groups excluding carboxylic acids is 1. The van der Waals surface area contributed by atoms with Gasteiger partial charge >= 0.3 is 0 Å². The van der Waals surface area contributed by atoms with E-state index >= 15 is 0 Å². The van der Waals surface area contributed by atoms with E-state index in [9.17, 15) is 9.90 Å². The summed E-state index contributed by atoms with van der Waals surface area (Å²) in [7, 11) is 0. The summed E-state index contributed by atoms with van der Waals surface area (Å²) in [5, 5.41) is 15.9. The van der Waals surface area contributed by atoms with Gasteiger partial charge in [0.2, 0.25) is 5.91 Å². The molecule has 5 heteroatoms. The maximum Gasteiger partial charge on any atom is 0.227 e. The van der Waals surface area contributed by atoms with Crippen molar-refractivity contribution in [1.29, 1.82) is 0 Å². The predicted octanol–water partition coefficient (Wildman–Crippen LogP) is -0.112. The number of hydrogen-bond acceptors (Lipinski definition) is 4. The zero-order chi connectivity index (χ0) is 12.9. The Balaban J connectivity index is 2.41. The average Bonchev–Trinajstić information content (AvgIpc) is 2.75. The van der Waals surface area contributed by atoms with Gasteiger partial charge in [-0.1, -0.05) is 13.8 Å². The molecule has 1 aliphatic rings. The van der Waals surface area contributed by atoms with Crippen molar-refractivity contribution in [2.24, 2.45) is 5.92 Å². The van der Waals surface area contributed by atoms with Crippen molar-refractivity contribution >= 4 is 5.91 Å². The smallest absolute Gasteiger partial charge is 0.227 e. The highest BCUT2D eigenvalue weighted by atomic mass is 16.5. The van der Waals surface area contributed by atoms with Crippen LogP contribution in [-0.2, 0) is 9.53 Å². The molecule has 17 heavy (non-hydrogen) atoms. The van der Waals surface area contributed by atoms with E-state index in [2.05, 4.69) is 10.6 Å². The van der Waals surface area contributed by atoms with Crippen LogP contribution >= 0.6 is 0 Å². The Labute approximate surface area is 103 Å². The van der Waals surface area contributed by atoms with Gasteiger partial charge in [0.1, 0.15) is 0 Å². The van der Waals surface area contributed by atoms with E-state index in [4.69, 9.17) is 4.74 Å². The molecule has 1 saturated heterocycles. The Kier molecular flexibility index (Phi) is 5.36. The zero-order valence-electron chi connectivity index (χ0n) is 11.0. The molecule has 1 heterocycles. The Morgan fingerprint density at radius 3 is 2.76 bits per heavy atom. The largest absolute Gasteiger partial charge is 0.388 e. The third-order valence-electron chi connectivity index (χ3n) is 3.29. The number of ether oxygens (including phenoxy) is 1. The van der Waals surface area contributed by atoms with Crippen molar-refractivity contribution in [2.45, 2.75) is 38.8 Å². The molecule has 0 aromatic rings. The fraction of sp³-hybridized carbons (Fsp3) is 0.917. The molecule has 1 fully saturated rings. The standard InChI is InChI=1S/C12H24N2O3/c1-4-12(3,16)8-14-11(15)9-6-17-7-10(9)13-5-2/h9-10,13,16H,4-8H2,1-3H3,(H,14,15). The number of nitrogens with one attached hydrogen (secondary N) is 2. The van der Waals surface area contributed by atoms with Gasteiger partial charge in [-0.25, -0.2) is 0 Å². The second-order valence-corrected chi connectivity index (χ2v) is 4.88. The van der Waals surface area contributed by atoms with Gasteiger partial charge < -0.3 is 20.5 Å². The van der Waals surface area contributed by atoms with E-state index in [0.717, 1.165) is 6.54 Å². The molecular weight excluding hydrogens is 220 g/mol. The van der Waals surface area contributed by atoms with Gasteiger partial charge in [-0.05, 0) is 19.9 Å². The van der Waals surface area contributed by atoms with E-state index in [0.29, 0.717) is 19.6 Å². The SMILES string of the molecule is CCNC1COCC1C(=O)NCC(C)(O)CC. The van der Waals surface area contributed by atoms with E-state index in [1.807, 2.05) is 13.8 Å². The van der Waals surface area contributed by atoms with Gasteiger partial charge in [0, 0.05) is 12.6 Å². The van der Waals surface area contributed by atoms with Crippen LogP contribution in [0.5, 0.6) is 0 Å². The number of rotatable bonds is 6. The summed E-state index contributed by atoms with van der Waals surface area (Å²) < 4.78 is 5.32. The molecule has 3 unspecified atom stereocenters. The van der Waals surface area contributed by atoms with Crippen LogP contribution in [0, 0.1) is 5.92 Å². The lowest BCUT2D eigenvalue weighted by molar-refractivity contribution is -0.126. The molecule has 1 aliphatic heterocycles. The summed E-state index contributed by atoms with van der Waals surface area (Å²) in [6.45, 7) is 7.78.